The van der Waals surface area contributed by atoms with Crippen LogP contribution in [0.4, 0.5) is 23.2 Å². The fourth-order valence-corrected chi connectivity index (χ4v) is 3.99. The van der Waals surface area contributed by atoms with Crippen molar-refractivity contribution in [2.45, 2.75) is 18.5 Å². The molecule has 2 aromatic rings. The van der Waals surface area contributed by atoms with Crippen LogP contribution in [0.5, 0.6) is 0 Å². The molecule has 10 heteroatoms. The maximum absolute atomic E-state index is 13.5. The third-order valence-corrected chi connectivity index (χ3v) is 5.69. The van der Waals surface area contributed by atoms with Gasteiger partial charge in [0.1, 0.15) is 5.82 Å². The van der Waals surface area contributed by atoms with Gasteiger partial charge in [-0.3, -0.25) is 14.4 Å². The molecule has 1 fully saturated rings. The Bertz CT molecular complexity index is 1060. The van der Waals surface area contributed by atoms with Crippen molar-refractivity contribution >= 4 is 23.4 Å². The number of fused-ring (bicyclic) bond motifs is 1. The average Bonchev–Trinajstić information content (AvgIpc) is 2.77. The normalized spacial score (nSPS) is 18.8. The van der Waals surface area contributed by atoms with Crippen LogP contribution in [0.3, 0.4) is 0 Å². The fraction of sp³-hybridized carbons (Fsp3) is 0.318. The first kappa shape index (κ1) is 21.8. The van der Waals surface area contributed by atoms with E-state index in [1.807, 2.05) is 0 Å². The summed E-state index contributed by atoms with van der Waals surface area (Å²) >= 11 is 0. The van der Waals surface area contributed by atoms with Crippen molar-refractivity contribution in [2.24, 2.45) is 0 Å². The van der Waals surface area contributed by atoms with Gasteiger partial charge in [-0.15, -0.1) is 0 Å². The number of alkyl halides is 3. The number of benzene rings is 2. The zero-order chi connectivity index (χ0) is 23.0. The molecule has 1 atom stereocenters. The number of anilines is 1. The number of carbonyl (C=O) groups excluding carboxylic acids is 3. The maximum atomic E-state index is 13.5. The van der Waals surface area contributed by atoms with Gasteiger partial charge in [0.05, 0.1) is 11.5 Å². The van der Waals surface area contributed by atoms with Crippen molar-refractivity contribution in [3.05, 3.63) is 65.0 Å². The van der Waals surface area contributed by atoms with Gasteiger partial charge in [0.15, 0.2) is 0 Å². The van der Waals surface area contributed by atoms with Crippen molar-refractivity contribution in [1.82, 2.24) is 9.80 Å². The number of nitrogens with one attached hydrogen (secondary N) is 1. The Labute approximate surface area is 180 Å². The van der Waals surface area contributed by atoms with Crippen molar-refractivity contribution in [3.8, 4) is 0 Å². The van der Waals surface area contributed by atoms with Crippen LogP contribution in [0.25, 0.3) is 0 Å². The first-order valence-electron chi connectivity index (χ1n) is 9.98. The van der Waals surface area contributed by atoms with E-state index >= 15 is 0 Å². The Kier molecular flexibility index (Phi) is 5.62. The van der Waals surface area contributed by atoms with E-state index in [0.29, 0.717) is 5.56 Å². The molecule has 3 amide bonds. The maximum Gasteiger partial charge on any atom is 0.416 e. The molecule has 1 unspecified atom stereocenters. The molecule has 1 N–H and O–H groups in total. The molecule has 1 saturated heterocycles. The van der Waals surface area contributed by atoms with E-state index < -0.39 is 29.4 Å². The van der Waals surface area contributed by atoms with E-state index in [-0.39, 0.29) is 55.7 Å². The van der Waals surface area contributed by atoms with E-state index in [0.717, 1.165) is 24.3 Å². The molecule has 2 heterocycles. The predicted molar refractivity (Wildman–Crippen MR) is 106 cm³/mol. The molecular weight excluding hydrogens is 430 g/mol. The van der Waals surface area contributed by atoms with Crippen LogP contribution in [-0.2, 0) is 15.8 Å². The van der Waals surface area contributed by atoms with E-state index in [4.69, 9.17) is 0 Å². The number of hydrogen-bond donors (Lipinski definition) is 1. The molecule has 0 aromatic heterocycles. The third kappa shape index (κ3) is 4.30. The topological polar surface area (TPSA) is 69.7 Å². The zero-order valence-corrected chi connectivity index (χ0v) is 16.8. The summed E-state index contributed by atoms with van der Waals surface area (Å²) < 4.78 is 51.6. The van der Waals surface area contributed by atoms with Gasteiger partial charge in [-0.05, 0) is 42.0 Å². The van der Waals surface area contributed by atoms with Crippen LogP contribution in [-0.4, -0.2) is 53.7 Å². The third-order valence-electron chi connectivity index (χ3n) is 5.69. The lowest BCUT2D eigenvalue weighted by Gasteiger charge is -2.37. The minimum absolute atomic E-state index is 0.0534. The van der Waals surface area contributed by atoms with Crippen molar-refractivity contribution in [3.63, 3.8) is 0 Å². The van der Waals surface area contributed by atoms with Crippen LogP contribution >= 0.6 is 0 Å². The molecule has 0 saturated carbocycles. The second-order valence-corrected chi connectivity index (χ2v) is 7.73. The Morgan fingerprint density at radius 3 is 2.19 bits per heavy atom. The minimum Gasteiger partial charge on any atom is -0.339 e. The van der Waals surface area contributed by atoms with Crippen LogP contribution in [0.15, 0.2) is 42.5 Å². The van der Waals surface area contributed by atoms with Gasteiger partial charge < -0.3 is 15.1 Å². The van der Waals surface area contributed by atoms with E-state index in [9.17, 15) is 31.9 Å². The number of rotatable bonds is 2. The lowest BCUT2D eigenvalue weighted by atomic mass is 9.89. The molecule has 168 valence electrons. The Morgan fingerprint density at radius 1 is 0.938 bits per heavy atom. The van der Waals surface area contributed by atoms with Crippen LogP contribution in [0, 0.1) is 5.82 Å². The van der Waals surface area contributed by atoms with Gasteiger partial charge >= 0.3 is 6.18 Å². The molecule has 2 aliphatic heterocycles. The summed E-state index contributed by atoms with van der Waals surface area (Å²) in [5.74, 6) is -2.33. The van der Waals surface area contributed by atoms with Crippen molar-refractivity contribution in [2.75, 3.05) is 31.5 Å². The molecule has 4 rings (SSSR count). The highest BCUT2D eigenvalue weighted by atomic mass is 19.4. The SMILES string of the molecule is O=C1CC(C(=O)N2CCN(C(=O)c3ccc(C(F)(F)F)cc3)CC2)c2ccc(F)cc2N1. The molecule has 0 radical (unpaired) electrons. The van der Waals surface area contributed by atoms with Crippen molar-refractivity contribution < 1.29 is 31.9 Å². The molecular formula is C22H19F4N3O3. The van der Waals surface area contributed by atoms with Gasteiger partial charge in [-0.2, -0.15) is 13.2 Å². The van der Waals surface area contributed by atoms with Gasteiger partial charge in [0.25, 0.3) is 5.91 Å². The average molecular weight is 449 g/mol. The number of hydrogen-bond acceptors (Lipinski definition) is 3. The Morgan fingerprint density at radius 2 is 1.56 bits per heavy atom. The molecule has 32 heavy (non-hydrogen) atoms. The Balaban J connectivity index is 1.41. The van der Waals surface area contributed by atoms with E-state index in [2.05, 4.69) is 5.32 Å². The lowest BCUT2D eigenvalue weighted by molar-refractivity contribution is -0.137. The second kappa shape index (κ2) is 8.25. The number of amides is 3. The number of nitrogens with zero attached hydrogens (tertiary/aromatic N) is 2. The highest BCUT2D eigenvalue weighted by Crippen LogP contribution is 2.34. The Hall–Kier alpha value is -3.43. The van der Waals surface area contributed by atoms with Crippen LogP contribution in [0.1, 0.15) is 33.8 Å². The van der Waals surface area contributed by atoms with E-state index in [1.54, 1.807) is 4.90 Å². The first-order chi connectivity index (χ1) is 15.1. The van der Waals surface area contributed by atoms with Crippen molar-refractivity contribution in [1.29, 1.82) is 0 Å². The summed E-state index contributed by atoms with van der Waals surface area (Å²) in [6.07, 6.45) is -4.53. The second-order valence-electron chi connectivity index (χ2n) is 7.73. The quantitative estimate of drug-likeness (QED) is 0.716. The molecule has 0 aliphatic carbocycles. The van der Waals surface area contributed by atoms with Gasteiger partial charge in [-0.1, -0.05) is 6.07 Å². The van der Waals surface area contributed by atoms with Gasteiger partial charge in [0.2, 0.25) is 11.8 Å². The molecule has 0 bridgehead atoms. The summed E-state index contributed by atoms with van der Waals surface area (Å²) in [5.41, 5.74) is 0.119. The molecule has 6 nitrogen and oxygen atoms in total. The fourth-order valence-electron chi connectivity index (χ4n) is 3.99. The largest absolute Gasteiger partial charge is 0.416 e. The highest BCUT2D eigenvalue weighted by molar-refractivity contribution is 6.01. The number of halogens is 4. The van der Waals surface area contributed by atoms with E-state index in [1.165, 1.54) is 23.1 Å². The van der Waals surface area contributed by atoms with Gasteiger partial charge in [0, 0.05) is 43.9 Å². The summed E-state index contributed by atoms with van der Waals surface area (Å²) in [4.78, 5) is 40.7. The zero-order valence-electron chi connectivity index (χ0n) is 16.8. The number of piperazine rings is 1. The molecule has 2 aliphatic rings. The smallest absolute Gasteiger partial charge is 0.339 e. The summed E-state index contributed by atoms with van der Waals surface area (Å²) in [6, 6.07) is 7.89. The summed E-state index contributed by atoms with van der Waals surface area (Å²) in [5, 5.41) is 2.57. The van der Waals surface area contributed by atoms with Crippen LogP contribution in [0.2, 0.25) is 0 Å². The highest BCUT2D eigenvalue weighted by Gasteiger charge is 2.36. The summed E-state index contributed by atoms with van der Waals surface area (Å²) in [7, 11) is 0. The standard InChI is InChI=1S/C22H19F4N3O3/c23-15-5-6-16-17(12-19(30)27-18(16)11-15)21(32)29-9-7-28(8-10-29)20(31)13-1-3-14(4-2-13)22(24,25)26/h1-6,11,17H,7-10,12H2,(H,27,30). The monoisotopic (exact) mass is 449 g/mol. The lowest BCUT2D eigenvalue weighted by Crippen LogP contribution is -2.52. The molecule has 2 aromatic carbocycles. The predicted octanol–water partition coefficient (Wildman–Crippen LogP) is 3.25. The first-order valence-corrected chi connectivity index (χ1v) is 9.98. The van der Waals surface area contributed by atoms with Gasteiger partial charge in [-0.25, -0.2) is 4.39 Å². The summed E-state index contributed by atoms with van der Waals surface area (Å²) in [6.45, 7) is 0.862. The molecule has 0 spiro atoms. The van der Waals surface area contributed by atoms with Crippen LogP contribution < -0.4 is 5.32 Å². The minimum atomic E-state index is -4.48. The number of carbonyl (C=O) groups is 3.